The molecule has 0 N–H and O–H groups in total. The quantitative estimate of drug-likeness (QED) is 0.668. The van der Waals surface area contributed by atoms with E-state index in [0.717, 1.165) is 12.0 Å². The number of carbonyl (C=O) groups excluding carboxylic acids is 1. The molecule has 122 valence electrons. The Kier molecular flexibility index (Phi) is 6.12. The Balaban J connectivity index is 1.80. The number of ketones is 1. The van der Waals surface area contributed by atoms with Gasteiger partial charge in [0, 0.05) is 19.4 Å². The van der Waals surface area contributed by atoms with Crippen LogP contribution in [-0.4, -0.2) is 18.0 Å². The van der Waals surface area contributed by atoms with Gasteiger partial charge >= 0.3 is 0 Å². The average Bonchev–Trinajstić information content (AvgIpc) is 2.52. The highest BCUT2D eigenvalue weighted by Gasteiger charge is 2.10. The van der Waals surface area contributed by atoms with Crippen molar-refractivity contribution in [3.63, 3.8) is 0 Å². The van der Waals surface area contributed by atoms with E-state index in [1.165, 1.54) is 11.1 Å². The normalized spacial score (nSPS) is 11.4. The number of hydrogen-bond donors (Lipinski definition) is 0. The molecule has 0 aliphatic heterocycles. The second kappa shape index (κ2) is 8.07. The first kappa shape index (κ1) is 17.4. The van der Waals surface area contributed by atoms with Gasteiger partial charge in [0.1, 0.15) is 5.78 Å². The van der Waals surface area contributed by atoms with Crippen molar-refractivity contribution in [3.8, 4) is 11.1 Å². The van der Waals surface area contributed by atoms with Crippen molar-refractivity contribution in [2.24, 2.45) is 0 Å². The van der Waals surface area contributed by atoms with Gasteiger partial charge in [0.25, 0.3) is 0 Å². The zero-order chi connectivity index (χ0) is 16.7. The predicted octanol–water partition coefficient (Wildman–Crippen LogP) is 5.06. The number of ether oxygens (including phenoxy) is 1. The van der Waals surface area contributed by atoms with Crippen LogP contribution in [0.3, 0.4) is 0 Å². The summed E-state index contributed by atoms with van der Waals surface area (Å²) in [6, 6.07) is 18.5. The SMILES string of the molecule is CC(C)(C)OCCCC(=O)Cc1ccc(-c2ccccc2)cc1. The number of carbonyl (C=O) groups is 1. The molecule has 2 heteroatoms. The van der Waals surface area contributed by atoms with Crippen molar-refractivity contribution in [2.45, 2.75) is 45.6 Å². The maximum absolute atomic E-state index is 12.0. The highest BCUT2D eigenvalue weighted by Crippen LogP contribution is 2.19. The second-order valence-corrected chi connectivity index (χ2v) is 6.84. The van der Waals surface area contributed by atoms with E-state index in [-0.39, 0.29) is 11.4 Å². The van der Waals surface area contributed by atoms with E-state index in [1.54, 1.807) is 0 Å². The summed E-state index contributed by atoms with van der Waals surface area (Å²) < 4.78 is 5.64. The van der Waals surface area contributed by atoms with Crippen LogP contribution in [0.1, 0.15) is 39.2 Å². The Morgan fingerprint density at radius 2 is 1.52 bits per heavy atom. The molecular weight excluding hydrogens is 284 g/mol. The van der Waals surface area contributed by atoms with Crippen molar-refractivity contribution in [1.29, 1.82) is 0 Å². The maximum Gasteiger partial charge on any atom is 0.137 e. The maximum atomic E-state index is 12.0. The molecule has 0 radical (unpaired) electrons. The summed E-state index contributed by atoms with van der Waals surface area (Å²) in [5.41, 5.74) is 3.33. The van der Waals surface area contributed by atoms with Crippen LogP contribution >= 0.6 is 0 Å². The zero-order valence-corrected chi connectivity index (χ0v) is 14.3. The topological polar surface area (TPSA) is 26.3 Å². The first-order valence-corrected chi connectivity index (χ1v) is 8.24. The van der Waals surface area contributed by atoms with Crippen LogP contribution in [0.15, 0.2) is 54.6 Å². The van der Waals surface area contributed by atoms with E-state index in [0.29, 0.717) is 19.4 Å². The number of Topliss-reactive ketones (excluding diaryl/α,β-unsaturated/α-hetero) is 1. The lowest BCUT2D eigenvalue weighted by atomic mass is 10.0. The number of benzene rings is 2. The van der Waals surface area contributed by atoms with Crippen molar-refractivity contribution in [3.05, 3.63) is 60.2 Å². The van der Waals surface area contributed by atoms with E-state index in [9.17, 15) is 4.79 Å². The van der Waals surface area contributed by atoms with Crippen molar-refractivity contribution >= 4 is 5.78 Å². The highest BCUT2D eigenvalue weighted by atomic mass is 16.5. The van der Waals surface area contributed by atoms with Gasteiger partial charge in [-0.15, -0.1) is 0 Å². The molecular formula is C21H26O2. The van der Waals surface area contributed by atoms with Gasteiger partial charge in [0.2, 0.25) is 0 Å². The summed E-state index contributed by atoms with van der Waals surface area (Å²) >= 11 is 0. The first-order valence-electron chi connectivity index (χ1n) is 8.24. The Bertz CT molecular complexity index is 607. The van der Waals surface area contributed by atoms with E-state index in [4.69, 9.17) is 4.74 Å². The third kappa shape index (κ3) is 6.37. The molecule has 2 aromatic rings. The van der Waals surface area contributed by atoms with Gasteiger partial charge in [-0.3, -0.25) is 4.79 Å². The van der Waals surface area contributed by atoms with Gasteiger partial charge in [-0.05, 0) is 43.9 Å². The molecule has 23 heavy (non-hydrogen) atoms. The molecule has 0 unspecified atom stereocenters. The van der Waals surface area contributed by atoms with Gasteiger partial charge < -0.3 is 4.74 Å². The Morgan fingerprint density at radius 3 is 2.13 bits per heavy atom. The van der Waals surface area contributed by atoms with Crippen molar-refractivity contribution in [2.75, 3.05) is 6.61 Å². The number of rotatable bonds is 7. The summed E-state index contributed by atoms with van der Waals surface area (Å²) in [7, 11) is 0. The average molecular weight is 310 g/mol. The van der Waals surface area contributed by atoms with E-state index >= 15 is 0 Å². The fraction of sp³-hybridized carbons (Fsp3) is 0.381. The molecule has 2 nitrogen and oxygen atoms in total. The molecule has 0 saturated carbocycles. The minimum absolute atomic E-state index is 0.129. The molecule has 0 spiro atoms. The third-order valence-electron chi connectivity index (χ3n) is 3.60. The van der Waals surface area contributed by atoms with E-state index in [2.05, 4.69) is 24.3 Å². The molecule has 0 fully saturated rings. The Morgan fingerprint density at radius 1 is 0.913 bits per heavy atom. The third-order valence-corrected chi connectivity index (χ3v) is 3.60. The van der Waals surface area contributed by atoms with Gasteiger partial charge in [0.05, 0.1) is 5.60 Å². The minimum Gasteiger partial charge on any atom is -0.376 e. The molecule has 0 aliphatic rings. The van der Waals surface area contributed by atoms with Crippen LogP contribution in [0.2, 0.25) is 0 Å². The van der Waals surface area contributed by atoms with Gasteiger partial charge in [-0.1, -0.05) is 54.6 Å². The largest absolute Gasteiger partial charge is 0.376 e. The lowest BCUT2D eigenvalue weighted by Gasteiger charge is -2.19. The van der Waals surface area contributed by atoms with Gasteiger partial charge in [-0.2, -0.15) is 0 Å². The molecule has 2 rings (SSSR count). The summed E-state index contributed by atoms with van der Waals surface area (Å²) in [4.78, 5) is 12.0. The zero-order valence-electron chi connectivity index (χ0n) is 14.3. The summed E-state index contributed by atoms with van der Waals surface area (Å²) in [5.74, 6) is 0.273. The molecule has 0 aromatic heterocycles. The van der Waals surface area contributed by atoms with Crippen LogP contribution in [0.4, 0.5) is 0 Å². The molecule has 0 aliphatic carbocycles. The van der Waals surface area contributed by atoms with Gasteiger partial charge in [-0.25, -0.2) is 0 Å². The summed E-state index contributed by atoms with van der Waals surface area (Å²) in [6.07, 6.45) is 1.87. The molecule has 0 saturated heterocycles. The molecule has 0 bridgehead atoms. The fourth-order valence-electron chi connectivity index (χ4n) is 2.41. The lowest BCUT2D eigenvalue weighted by molar-refractivity contribution is -0.119. The Labute approximate surface area is 139 Å². The van der Waals surface area contributed by atoms with Crippen LogP contribution < -0.4 is 0 Å². The fourth-order valence-corrected chi connectivity index (χ4v) is 2.41. The molecule has 0 atom stereocenters. The van der Waals surface area contributed by atoms with Crippen LogP contribution in [-0.2, 0) is 16.0 Å². The van der Waals surface area contributed by atoms with Crippen LogP contribution in [0.5, 0.6) is 0 Å². The molecule has 0 heterocycles. The molecule has 2 aromatic carbocycles. The first-order chi connectivity index (χ1) is 10.9. The summed E-state index contributed by atoms with van der Waals surface area (Å²) in [6.45, 7) is 6.73. The van der Waals surface area contributed by atoms with Crippen molar-refractivity contribution < 1.29 is 9.53 Å². The Hall–Kier alpha value is -1.93. The van der Waals surface area contributed by atoms with E-state index in [1.807, 2.05) is 51.1 Å². The monoisotopic (exact) mass is 310 g/mol. The van der Waals surface area contributed by atoms with Crippen LogP contribution in [0, 0.1) is 0 Å². The number of hydrogen-bond acceptors (Lipinski definition) is 2. The van der Waals surface area contributed by atoms with E-state index < -0.39 is 0 Å². The predicted molar refractivity (Wildman–Crippen MR) is 95.5 cm³/mol. The minimum atomic E-state index is -0.129. The van der Waals surface area contributed by atoms with Gasteiger partial charge in [0.15, 0.2) is 0 Å². The smallest absolute Gasteiger partial charge is 0.137 e. The second-order valence-electron chi connectivity index (χ2n) is 6.84. The molecule has 0 amide bonds. The highest BCUT2D eigenvalue weighted by molar-refractivity contribution is 5.81. The van der Waals surface area contributed by atoms with Crippen LogP contribution in [0.25, 0.3) is 11.1 Å². The standard InChI is InChI=1S/C21H26O2/c1-21(2,3)23-15-7-10-20(22)16-17-11-13-19(14-12-17)18-8-5-4-6-9-18/h4-6,8-9,11-14H,7,10,15-16H2,1-3H3. The van der Waals surface area contributed by atoms with Crippen molar-refractivity contribution in [1.82, 2.24) is 0 Å². The lowest BCUT2D eigenvalue weighted by Crippen LogP contribution is -2.20. The summed E-state index contributed by atoms with van der Waals surface area (Å²) in [5, 5.41) is 0.